The summed E-state index contributed by atoms with van der Waals surface area (Å²) in [6.45, 7) is 1.85. The molecular weight excluding hydrogens is 282 g/mol. The van der Waals surface area contributed by atoms with Crippen LogP contribution in [-0.2, 0) is 0 Å². The zero-order valence-electron chi connectivity index (χ0n) is 10.2. The van der Waals surface area contributed by atoms with Crippen LogP contribution < -0.4 is 5.73 Å². The highest BCUT2D eigenvalue weighted by Gasteiger charge is 2.07. The van der Waals surface area contributed by atoms with E-state index in [0.29, 0.717) is 10.6 Å². The third-order valence-electron chi connectivity index (χ3n) is 2.38. The highest BCUT2D eigenvalue weighted by atomic mass is 35.5. The Labute approximate surface area is 120 Å². The highest BCUT2D eigenvalue weighted by Crippen LogP contribution is 2.32. The average molecular weight is 294 g/mol. The molecule has 1 heterocycles. The Hall–Kier alpha value is -1.72. The van der Waals surface area contributed by atoms with Gasteiger partial charge < -0.3 is 10.9 Å². The third kappa shape index (κ3) is 3.39. The smallest absolute Gasteiger partial charge is 0.170 e. The maximum Gasteiger partial charge on any atom is 0.170 e. The first-order valence-corrected chi connectivity index (χ1v) is 6.68. The molecule has 0 saturated carbocycles. The lowest BCUT2D eigenvalue weighted by Gasteiger charge is -2.06. The molecule has 0 fully saturated rings. The number of aromatic nitrogens is 1. The SMILES string of the molecule is Cc1cc(/C(N)=N/O)cc(Sc2ccccc2Cl)n1. The first-order chi connectivity index (χ1) is 9.10. The van der Waals surface area contributed by atoms with Gasteiger partial charge in [-0.05, 0) is 31.2 Å². The van der Waals surface area contributed by atoms with Gasteiger partial charge in [-0.15, -0.1) is 0 Å². The van der Waals surface area contributed by atoms with Crippen LogP contribution in [0, 0.1) is 6.92 Å². The molecule has 3 N–H and O–H groups in total. The van der Waals surface area contributed by atoms with Crippen LogP contribution in [0.1, 0.15) is 11.3 Å². The third-order valence-corrected chi connectivity index (χ3v) is 3.82. The van der Waals surface area contributed by atoms with Gasteiger partial charge in [0.25, 0.3) is 0 Å². The zero-order valence-corrected chi connectivity index (χ0v) is 11.7. The molecule has 1 aromatic carbocycles. The minimum absolute atomic E-state index is 0.0616. The van der Waals surface area contributed by atoms with Gasteiger partial charge in [0.05, 0.1) is 5.02 Å². The van der Waals surface area contributed by atoms with Gasteiger partial charge in [-0.2, -0.15) is 0 Å². The van der Waals surface area contributed by atoms with Gasteiger partial charge in [0.15, 0.2) is 5.84 Å². The molecule has 19 heavy (non-hydrogen) atoms. The molecule has 6 heteroatoms. The maximum atomic E-state index is 8.72. The number of aryl methyl sites for hydroxylation is 1. The fourth-order valence-electron chi connectivity index (χ4n) is 1.54. The molecule has 0 unspecified atom stereocenters. The van der Waals surface area contributed by atoms with Crippen molar-refractivity contribution in [1.29, 1.82) is 0 Å². The number of nitrogens with zero attached hydrogens (tertiary/aromatic N) is 2. The van der Waals surface area contributed by atoms with Gasteiger partial charge in [0.1, 0.15) is 5.03 Å². The molecule has 0 amide bonds. The monoisotopic (exact) mass is 293 g/mol. The zero-order chi connectivity index (χ0) is 13.8. The number of pyridine rings is 1. The van der Waals surface area contributed by atoms with Crippen molar-refractivity contribution in [3.05, 3.63) is 52.7 Å². The molecule has 0 radical (unpaired) electrons. The van der Waals surface area contributed by atoms with E-state index in [0.717, 1.165) is 15.6 Å². The van der Waals surface area contributed by atoms with E-state index < -0.39 is 0 Å². The molecule has 0 aliphatic carbocycles. The lowest BCUT2D eigenvalue weighted by molar-refractivity contribution is 0.318. The van der Waals surface area contributed by atoms with Gasteiger partial charge in [-0.3, -0.25) is 0 Å². The molecule has 2 rings (SSSR count). The molecule has 1 aromatic heterocycles. The quantitative estimate of drug-likeness (QED) is 0.394. The van der Waals surface area contributed by atoms with Crippen molar-refractivity contribution in [3.8, 4) is 0 Å². The van der Waals surface area contributed by atoms with Crippen molar-refractivity contribution in [1.82, 2.24) is 4.98 Å². The molecule has 0 saturated heterocycles. The van der Waals surface area contributed by atoms with Crippen LogP contribution >= 0.6 is 23.4 Å². The summed E-state index contributed by atoms with van der Waals surface area (Å²) < 4.78 is 0. The largest absolute Gasteiger partial charge is 0.409 e. The molecule has 0 spiro atoms. The first-order valence-electron chi connectivity index (χ1n) is 5.49. The number of hydrogen-bond donors (Lipinski definition) is 2. The second kappa shape index (κ2) is 5.95. The van der Waals surface area contributed by atoms with E-state index in [9.17, 15) is 0 Å². The first kappa shape index (κ1) is 13.7. The molecule has 2 aromatic rings. The molecule has 0 bridgehead atoms. The van der Waals surface area contributed by atoms with Crippen LogP contribution in [0.15, 0.2) is 51.5 Å². The van der Waals surface area contributed by atoms with E-state index in [2.05, 4.69) is 10.1 Å². The molecular formula is C13H12ClN3OS. The van der Waals surface area contributed by atoms with Crippen LogP contribution in [0.5, 0.6) is 0 Å². The summed E-state index contributed by atoms with van der Waals surface area (Å²) in [5.74, 6) is 0.0616. The average Bonchev–Trinajstić information content (AvgIpc) is 2.40. The van der Waals surface area contributed by atoms with Gasteiger partial charge in [-0.1, -0.05) is 40.7 Å². The number of nitrogens with two attached hydrogens (primary N) is 1. The number of amidine groups is 1. The summed E-state index contributed by atoms with van der Waals surface area (Å²) >= 11 is 7.54. The molecule has 98 valence electrons. The normalized spacial score (nSPS) is 11.6. The number of hydrogen-bond acceptors (Lipinski definition) is 4. The molecule has 0 aliphatic rings. The van der Waals surface area contributed by atoms with Crippen LogP contribution in [0.2, 0.25) is 5.02 Å². The highest BCUT2D eigenvalue weighted by molar-refractivity contribution is 7.99. The maximum absolute atomic E-state index is 8.72. The predicted octanol–water partition coefficient (Wildman–Crippen LogP) is 3.29. The van der Waals surface area contributed by atoms with E-state index in [1.807, 2.05) is 31.2 Å². The summed E-state index contributed by atoms with van der Waals surface area (Å²) in [4.78, 5) is 5.31. The van der Waals surface area contributed by atoms with Crippen LogP contribution in [0.3, 0.4) is 0 Å². The fourth-order valence-corrected chi connectivity index (χ4v) is 2.70. The summed E-state index contributed by atoms with van der Waals surface area (Å²) in [5.41, 5.74) is 7.01. The van der Waals surface area contributed by atoms with Gasteiger partial charge in [-0.25, -0.2) is 4.98 Å². The summed E-state index contributed by atoms with van der Waals surface area (Å²) in [5, 5.41) is 13.1. The van der Waals surface area contributed by atoms with Gasteiger partial charge in [0, 0.05) is 16.2 Å². The van der Waals surface area contributed by atoms with Crippen molar-refractivity contribution in [3.63, 3.8) is 0 Å². The summed E-state index contributed by atoms with van der Waals surface area (Å²) in [6, 6.07) is 11.0. The van der Waals surface area contributed by atoms with Crippen molar-refractivity contribution in [2.75, 3.05) is 0 Å². The van der Waals surface area contributed by atoms with E-state index in [-0.39, 0.29) is 5.84 Å². The lowest BCUT2D eigenvalue weighted by atomic mass is 10.2. The van der Waals surface area contributed by atoms with Crippen molar-refractivity contribution in [2.45, 2.75) is 16.8 Å². The minimum Gasteiger partial charge on any atom is -0.409 e. The van der Waals surface area contributed by atoms with E-state index in [4.69, 9.17) is 22.5 Å². The Bertz CT molecular complexity index is 631. The Morgan fingerprint density at radius 1 is 1.37 bits per heavy atom. The predicted molar refractivity (Wildman–Crippen MR) is 77.1 cm³/mol. The number of halogens is 1. The Kier molecular flexibility index (Phi) is 4.29. The standard InChI is InChI=1S/C13H12ClN3OS/c1-8-6-9(13(15)17-18)7-12(16-8)19-11-5-3-2-4-10(11)14/h2-7,18H,1H3,(H2,15,17). The van der Waals surface area contributed by atoms with Gasteiger partial charge in [0.2, 0.25) is 0 Å². The summed E-state index contributed by atoms with van der Waals surface area (Å²) in [7, 11) is 0. The number of benzene rings is 1. The Morgan fingerprint density at radius 2 is 2.11 bits per heavy atom. The Morgan fingerprint density at radius 3 is 2.79 bits per heavy atom. The second-order valence-corrected chi connectivity index (χ2v) is 5.32. The van der Waals surface area contributed by atoms with Crippen molar-refractivity contribution < 1.29 is 5.21 Å². The minimum atomic E-state index is 0.0616. The van der Waals surface area contributed by atoms with E-state index in [1.165, 1.54) is 11.8 Å². The topological polar surface area (TPSA) is 71.5 Å². The van der Waals surface area contributed by atoms with Gasteiger partial charge >= 0.3 is 0 Å². The van der Waals surface area contributed by atoms with Crippen LogP contribution in [0.25, 0.3) is 0 Å². The second-order valence-electron chi connectivity index (χ2n) is 3.85. The van der Waals surface area contributed by atoms with E-state index >= 15 is 0 Å². The summed E-state index contributed by atoms with van der Waals surface area (Å²) in [6.07, 6.45) is 0. The van der Waals surface area contributed by atoms with E-state index in [1.54, 1.807) is 12.1 Å². The molecule has 0 atom stereocenters. The molecule has 0 aliphatic heterocycles. The number of oxime groups is 1. The number of rotatable bonds is 3. The van der Waals surface area contributed by atoms with Crippen molar-refractivity contribution in [2.24, 2.45) is 10.9 Å². The molecule has 4 nitrogen and oxygen atoms in total. The van der Waals surface area contributed by atoms with Crippen molar-refractivity contribution >= 4 is 29.2 Å². The lowest BCUT2D eigenvalue weighted by Crippen LogP contribution is -2.13. The van der Waals surface area contributed by atoms with Crippen LogP contribution in [0.4, 0.5) is 0 Å². The fraction of sp³-hybridized carbons (Fsp3) is 0.0769. The Balaban J connectivity index is 2.36. The van der Waals surface area contributed by atoms with Crippen LogP contribution in [-0.4, -0.2) is 16.0 Å².